The molecule has 0 radical (unpaired) electrons. The molecule has 0 bridgehead atoms. The van der Waals surface area contributed by atoms with E-state index < -0.39 is 5.60 Å². The molecule has 0 aromatic heterocycles. The molecule has 0 aromatic rings. The third-order valence-corrected chi connectivity index (χ3v) is 4.23. The zero-order valence-corrected chi connectivity index (χ0v) is 12.3. The van der Waals surface area contributed by atoms with Crippen LogP contribution in [0.3, 0.4) is 0 Å². The highest BCUT2D eigenvalue weighted by Crippen LogP contribution is 2.45. The van der Waals surface area contributed by atoms with Gasteiger partial charge in [0.1, 0.15) is 0 Å². The van der Waals surface area contributed by atoms with Gasteiger partial charge in [0.2, 0.25) is 0 Å². The van der Waals surface area contributed by atoms with E-state index in [1.165, 1.54) is 7.11 Å². The summed E-state index contributed by atoms with van der Waals surface area (Å²) in [5.74, 6) is -0.606. The average Bonchev–Trinajstić information content (AvgIpc) is 2.27. The van der Waals surface area contributed by atoms with Crippen molar-refractivity contribution in [1.82, 2.24) is 0 Å². The van der Waals surface area contributed by atoms with Crippen LogP contribution in [0.15, 0.2) is 0 Å². The SMILES string of the molecule is CCCCC(C(=O)OC)C1(O)CCCC(C)(C)C1. The monoisotopic (exact) mass is 256 g/mol. The third-order valence-electron chi connectivity index (χ3n) is 4.23. The van der Waals surface area contributed by atoms with Gasteiger partial charge in [-0.15, -0.1) is 0 Å². The molecular weight excluding hydrogens is 228 g/mol. The fraction of sp³-hybridized carbons (Fsp3) is 0.933. The van der Waals surface area contributed by atoms with Crippen LogP contribution in [0.2, 0.25) is 0 Å². The number of ether oxygens (including phenoxy) is 1. The van der Waals surface area contributed by atoms with E-state index in [2.05, 4.69) is 20.8 Å². The topological polar surface area (TPSA) is 46.5 Å². The van der Waals surface area contributed by atoms with Crippen LogP contribution in [0, 0.1) is 11.3 Å². The molecule has 0 heterocycles. The maximum atomic E-state index is 12.0. The van der Waals surface area contributed by atoms with Gasteiger partial charge in [0.25, 0.3) is 0 Å². The summed E-state index contributed by atoms with van der Waals surface area (Å²) in [5, 5.41) is 10.9. The summed E-state index contributed by atoms with van der Waals surface area (Å²) in [6.07, 6.45) is 6.26. The fourth-order valence-electron chi connectivity index (χ4n) is 3.33. The zero-order valence-electron chi connectivity index (χ0n) is 12.3. The van der Waals surface area contributed by atoms with Crippen LogP contribution in [-0.4, -0.2) is 23.8 Å². The second-order valence-electron chi connectivity index (χ2n) is 6.52. The van der Waals surface area contributed by atoms with Gasteiger partial charge in [-0.25, -0.2) is 0 Å². The Morgan fingerprint density at radius 1 is 1.39 bits per heavy atom. The molecule has 1 fully saturated rings. The predicted octanol–water partition coefficient (Wildman–Crippen LogP) is 3.30. The van der Waals surface area contributed by atoms with Crippen LogP contribution >= 0.6 is 0 Å². The van der Waals surface area contributed by atoms with Crippen molar-refractivity contribution in [3.8, 4) is 0 Å². The fourth-order valence-corrected chi connectivity index (χ4v) is 3.33. The maximum absolute atomic E-state index is 12.0. The summed E-state index contributed by atoms with van der Waals surface area (Å²) in [7, 11) is 1.42. The van der Waals surface area contributed by atoms with Crippen LogP contribution in [-0.2, 0) is 9.53 Å². The van der Waals surface area contributed by atoms with Crippen LogP contribution < -0.4 is 0 Å². The smallest absolute Gasteiger partial charge is 0.311 e. The first-order chi connectivity index (χ1) is 8.34. The standard InChI is InChI=1S/C15H28O3/c1-5-6-8-12(13(16)18-4)15(17)10-7-9-14(2,3)11-15/h12,17H,5-11H2,1-4H3. The Bertz CT molecular complexity index is 285. The maximum Gasteiger partial charge on any atom is 0.311 e. The summed E-state index contributed by atoms with van der Waals surface area (Å²) in [6.45, 7) is 6.44. The molecule has 1 N–H and O–H groups in total. The van der Waals surface area contributed by atoms with Crippen molar-refractivity contribution in [2.75, 3.05) is 7.11 Å². The lowest BCUT2D eigenvalue weighted by molar-refractivity contribution is -0.163. The Morgan fingerprint density at radius 2 is 2.06 bits per heavy atom. The molecule has 2 unspecified atom stereocenters. The molecule has 18 heavy (non-hydrogen) atoms. The molecule has 3 heteroatoms. The molecule has 2 atom stereocenters. The van der Waals surface area contributed by atoms with Gasteiger partial charge in [0.05, 0.1) is 18.6 Å². The first-order valence-corrected chi connectivity index (χ1v) is 7.15. The van der Waals surface area contributed by atoms with Gasteiger partial charge >= 0.3 is 5.97 Å². The van der Waals surface area contributed by atoms with E-state index in [-0.39, 0.29) is 17.3 Å². The van der Waals surface area contributed by atoms with Crippen molar-refractivity contribution in [2.45, 2.75) is 71.3 Å². The van der Waals surface area contributed by atoms with Crippen molar-refractivity contribution in [3.05, 3.63) is 0 Å². The van der Waals surface area contributed by atoms with Gasteiger partial charge in [-0.05, 0) is 31.1 Å². The van der Waals surface area contributed by atoms with E-state index in [9.17, 15) is 9.90 Å². The average molecular weight is 256 g/mol. The molecule has 1 rings (SSSR count). The minimum Gasteiger partial charge on any atom is -0.469 e. The lowest BCUT2D eigenvalue weighted by Gasteiger charge is -2.44. The van der Waals surface area contributed by atoms with Gasteiger partial charge in [0.15, 0.2) is 0 Å². The molecule has 1 saturated carbocycles. The number of esters is 1. The number of unbranched alkanes of at least 4 members (excludes halogenated alkanes) is 1. The molecule has 0 spiro atoms. The number of hydrogen-bond donors (Lipinski definition) is 1. The Kier molecular flexibility index (Phi) is 5.20. The number of carbonyl (C=O) groups excluding carboxylic acids is 1. The first-order valence-electron chi connectivity index (χ1n) is 7.15. The Labute approximate surface area is 111 Å². The van der Waals surface area contributed by atoms with Crippen molar-refractivity contribution in [2.24, 2.45) is 11.3 Å². The van der Waals surface area contributed by atoms with Crippen LogP contribution in [0.5, 0.6) is 0 Å². The normalized spacial score (nSPS) is 28.7. The van der Waals surface area contributed by atoms with E-state index in [0.29, 0.717) is 6.42 Å². The molecular formula is C15H28O3. The quantitative estimate of drug-likeness (QED) is 0.768. The number of rotatable bonds is 5. The van der Waals surface area contributed by atoms with Crippen molar-refractivity contribution in [3.63, 3.8) is 0 Å². The highest BCUT2D eigenvalue weighted by molar-refractivity contribution is 5.73. The summed E-state index contributed by atoms with van der Waals surface area (Å²) >= 11 is 0. The van der Waals surface area contributed by atoms with Crippen LogP contribution in [0.1, 0.15) is 65.7 Å². The number of methoxy groups -OCH3 is 1. The molecule has 0 aliphatic heterocycles. The van der Waals surface area contributed by atoms with E-state index in [0.717, 1.165) is 38.5 Å². The van der Waals surface area contributed by atoms with Gasteiger partial charge in [-0.2, -0.15) is 0 Å². The summed E-state index contributed by atoms with van der Waals surface area (Å²) in [6, 6.07) is 0. The largest absolute Gasteiger partial charge is 0.469 e. The van der Waals surface area contributed by atoms with Gasteiger partial charge < -0.3 is 9.84 Å². The number of aliphatic hydroxyl groups is 1. The molecule has 1 aliphatic carbocycles. The third kappa shape index (κ3) is 3.71. The zero-order chi connectivity index (χ0) is 13.8. The highest BCUT2D eigenvalue weighted by atomic mass is 16.5. The minimum atomic E-state index is -0.871. The number of carbonyl (C=O) groups is 1. The first kappa shape index (κ1) is 15.5. The molecule has 1 aliphatic rings. The molecule has 106 valence electrons. The molecule has 3 nitrogen and oxygen atoms in total. The van der Waals surface area contributed by atoms with Gasteiger partial charge in [0, 0.05) is 0 Å². The van der Waals surface area contributed by atoms with E-state index in [4.69, 9.17) is 4.74 Å². The van der Waals surface area contributed by atoms with Crippen molar-refractivity contribution < 1.29 is 14.6 Å². The second-order valence-corrected chi connectivity index (χ2v) is 6.52. The van der Waals surface area contributed by atoms with E-state index >= 15 is 0 Å². The molecule has 0 aromatic carbocycles. The second kappa shape index (κ2) is 6.05. The predicted molar refractivity (Wildman–Crippen MR) is 72.2 cm³/mol. The van der Waals surface area contributed by atoms with Crippen molar-refractivity contribution in [1.29, 1.82) is 0 Å². The molecule has 0 saturated heterocycles. The minimum absolute atomic E-state index is 0.117. The lowest BCUT2D eigenvalue weighted by Crippen LogP contribution is -2.48. The lowest BCUT2D eigenvalue weighted by atomic mass is 9.64. The van der Waals surface area contributed by atoms with Gasteiger partial charge in [-0.3, -0.25) is 4.79 Å². The van der Waals surface area contributed by atoms with E-state index in [1.54, 1.807) is 0 Å². The Morgan fingerprint density at radius 3 is 2.56 bits per heavy atom. The Balaban J connectivity index is 2.84. The van der Waals surface area contributed by atoms with Crippen molar-refractivity contribution >= 4 is 5.97 Å². The van der Waals surface area contributed by atoms with Crippen LogP contribution in [0.4, 0.5) is 0 Å². The molecule has 0 amide bonds. The van der Waals surface area contributed by atoms with Gasteiger partial charge in [-0.1, -0.05) is 40.0 Å². The van der Waals surface area contributed by atoms with Crippen LogP contribution in [0.25, 0.3) is 0 Å². The summed E-state index contributed by atoms with van der Waals surface area (Å²) in [4.78, 5) is 12.0. The Hall–Kier alpha value is -0.570. The highest BCUT2D eigenvalue weighted by Gasteiger charge is 2.47. The summed E-state index contributed by atoms with van der Waals surface area (Å²) in [5.41, 5.74) is -0.754. The van der Waals surface area contributed by atoms with E-state index in [1.807, 2.05) is 0 Å². The number of hydrogen-bond acceptors (Lipinski definition) is 3. The summed E-state index contributed by atoms with van der Waals surface area (Å²) < 4.78 is 4.90.